The Kier molecular flexibility index (Phi) is 8.78. The topological polar surface area (TPSA) is 88.1 Å². The van der Waals surface area contributed by atoms with Gasteiger partial charge in [0.15, 0.2) is 0 Å². The van der Waals surface area contributed by atoms with E-state index in [2.05, 4.69) is 10.5 Å². The lowest BCUT2D eigenvalue weighted by atomic mass is 10.1. The van der Waals surface area contributed by atoms with Gasteiger partial charge in [0.1, 0.15) is 18.9 Å². The average Bonchev–Trinajstić information content (AvgIpc) is 2.93. The number of nitrogens with zero attached hydrogens (tertiary/aromatic N) is 2. The van der Waals surface area contributed by atoms with E-state index in [0.29, 0.717) is 23.6 Å². The second kappa shape index (κ2) is 12.4. The lowest BCUT2D eigenvalue weighted by molar-refractivity contribution is -0.119. The molecule has 0 aliphatic carbocycles. The fourth-order valence-corrected chi connectivity index (χ4v) is 5.41. The molecule has 4 rings (SSSR count). The highest BCUT2D eigenvalue weighted by Gasteiger charge is 2.28. The highest BCUT2D eigenvalue weighted by molar-refractivity contribution is 7.92. The monoisotopic (exact) mass is 541 g/mol. The highest BCUT2D eigenvalue weighted by atomic mass is 32.2. The fourth-order valence-electron chi connectivity index (χ4n) is 3.94. The van der Waals surface area contributed by atoms with Crippen molar-refractivity contribution in [3.8, 4) is 5.75 Å². The maximum absolute atomic E-state index is 13.7. The standard InChI is InChI=1S/C31H31N3O4S/c1-23-16-18-28(19-17-23)39(36,37)34(29-14-9-10-24(2)25(29)3)21-31(35)33-32-20-27-13-7-8-15-30(27)38-22-26-11-5-4-6-12-26/h4-20H,21-22H2,1-3H3,(H,33,35)/b32-20-. The summed E-state index contributed by atoms with van der Waals surface area (Å²) in [6.45, 7) is 5.57. The molecule has 0 fully saturated rings. The Bertz CT molecular complexity index is 1570. The first-order chi connectivity index (χ1) is 18.8. The van der Waals surface area contributed by atoms with E-state index in [1.807, 2.05) is 81.4 Å². The van der Waals surface area contributed by atoms with Gasteiger partial charge in [0.25, 0.3) is 15.9 Å². The smallest absolute Gasteiger partial charge is 0.264 e. The van der Waals surface area contributed by atoms with Crippen molar-refractivity contribution in [2.45, 2.75) is 32.3 Å². The number of ether oxygens (including phenoxy) is 1. The summed E-state index contributed by atoms with van der Waals surface area (Å²) in [5, 5.41) is 4.08. The number of anilines is 1. The second-order valence-electron chi connectivity index (χ2n) is 9.15. The minimum absolute atomic E-state index is 0.106. The second-order valence-corrected chi connectivity index (χ2v) is 11.0. The van der Waals surface area contributed by atoms with Crippen LogP contribution < -0.4 is 14.5 Å². The zero-order chi connectivity index (χ0) is 27.8. The number of sulfonamides is 1. The third kappa shape index (κ3) is 6.91. The zero-order valence-electron chi connectivity index (χ0n) is 22.2. The number of hydrogen-bond donors (Lipinski definition) is 1. The van der Waals surface area contributed by atoms with Crippen LogP contribution in [-0.2, 0) is 21.4 Å². The molecule has 0 bridgehead atoms. The molecule has 0 unspecified atom stereocenters. The number of carbonyl (C=O) groups is 1. The number of para-hydroxylation sites is 1. The molecule has 0 heterocycles. The average molecular weight is 542 g/mol. The molecule has 0 aromatic heterocycles. The summed E-state index contributed by atoms with van der Waals surface area (Å²) < 4.78 is 34.4. The molecule has 1 amide bonds. The minimum Gasteiger partial charge on any atom is -0.488 e. The van der Waals surface area contributed by atoms with Crippen molar-refractivity contribution in [1.82, 2.24) is 5.43 Å². The molecule has 0 atom stereocenters. The molecule has 4 aromatic carbocycles. The predicted molar refractivity (Wildman–Crippen MR) is 155 cm³/mol. The molecule has 0 saturated heterocycles. The van der Waals surface area contributed by atoms with Gasteiger partial charge in [-0.15, -0.1) is 0 Å². The van der Waals surface area contributed by atoms with E-state index < -0.39 is 22.5 Å². The Balaban J connectivity index is 1.52. The molecule has 39 heavy (non-hydrogen) atoms. The van der Waals surface area contributed by atoms with Crippen molar-refractivity contribution in [3.63, 3.8) is 0 Å². The van der Waals surface area contributed by atoms with Crippen molar-refractivity contribution < 1.29 is 17.9 Å². The summed E-state index contributed by atoms with van der Waals surface area (Å²) >= 11 is 0. The normalized spacial score (nSPS) is 11.4. The van der Waals surface area contributed by atoms with Gasteiger partial charge < -0.3 is 4.74 Å². The van der Waals surface area contributed by atoms with E-state index in [1.165, 1.54) is 6.21 Å². The van der Waals surface area contributed by atoms with Crippen LogP contribution in [0.5, 0.6) is 5.75 Å². The van der Waals surface area contributed by atoms with Gasteiger partial charge in [-0.25, -0.2) is 13.8 Å². The molecular formula is C31H31N3O4S. The molecule has 0 aliphatic rings. The number of nitrogens with one attached hydrogen (secondary N) is 1. The van der Waals surface area contributed by atoms with Crippen LogP contribution in [0.4, 0.5) is 5.69 Å². The third-order valence-electron chi connectivity index (χ3n) is 6.29. The van der Waals surface area contributed by atoms with Gasteiger partial charge in [0.05, 0.1) is 16.8 Å². The number of carbonyl (C=O) groups excluding carboxylic acids is 1. The Hall–Kier alpha value is -4.43. The lowest BCUT2D eigenvalue weighted by Gasteiger charge is -2.26. The van der Waals surface area contributed by atoms with Crippen molar-refractivity contribution >= 4 is 27.8 Å². The molecule has 200 valence electrons. The van der Waals surface area contributed by atoms with Crippen LogP contribution in [0.1, 0.15) is 27.8 Å². The number of hydrazone groups is 1. The molecule has 0 spiro atoms. The first-order valence-electron chi connectivity index (χ1n) is 12.5. The molecular weight excluding hydrogens is 510 g/mol. The molecule has 0 saturated carbocycles. The Morgan fingerprint density at radius 3 is 2.31 bits per heavy atom. The molecule has 0 radical (unpaired) electrons. The number of rotatable bonds is 10. The van der Waals surface area contributed by atoms with E-state index in [-0.39, 0.29) is 4.90 Å². The minimum atomic E-state index is -4.02. The Morgan fingerprint density at radius 2 is 1.56 bits per heavy atom. The predicted octanol–water partition coefficient (Wildman–Crippen LogP) is 5.54. The van der Waals surface area contributed by atoms with Gasteiger partial charge in [-0.1, -0.05) is 72.3 Å². The molecule has 4 aromatic rings. The van der Waals surface area contributed by atoms with Gasteiger partial charge in [-0.3, -0.25) is 9.10 Å². The van der Waals surface area contributed by atoms with Crippen LogP contribution in [0.3, 0.4) is 0 Å². The Labute approximate surface area is 229 Å². The fraction of sp³-hybridized carbons (Fsp3) is 0.161. The first-order valence-corrected chi connectivity index (χ1v) is 13.9. The SMILES string of the molecule is Cc1ccc(S(=O)(=O)N(CC(=O)N/N=C\c2ccccc2OCc2ccccc2)c2cccc(C)c2C)cc1. The van der Waals surface area contributed by atoms with Crippen LogP contribution in [0.15, 0.2) is 107 Å². The third-order valence-corrected chi connectivity index (χ3v) is 8.06. The summed E-state index contributed by atoms with van der Waals surface area (Å²) in [5.41, 5.74) is 7.24. The number of hydrogen-bond acceptors (Lipinski definition) is 5. The van der Waals surface area contributed by atoms with Crippen molar-refractivity contribution in [3.05, 3.63) is 125 Å². The summed E-state index contributed by atoms with van der Waals surface area (Å²) in [4.78, 5) is 13.1. The van der Waals surface area contributed by atoms with Crippen LogP contribution in [-0.4, -0.2) is 27.1 Å². The Morgan fingerprint density at radius 1 is 0.872 bits per heavy atom. The van der Waals surface area contributed by atoms with Gasteiger partial charge in [0, 0.05) is 5.56 Å². The molecule has 1 N–H and O–H groups in total. The quantitative estimate of drug-likeness (QED) is 0.211. The van der Waals surface area contributed by atoms with E-state index >= 15 is 0 Å². The van der Waals surface area contributed by atoms with Crippen LogP contribution in [0.2, 0.25) is 0 Å². The summed E-state index contributed by atoms with van der Waals surface area (Å²) in [6, 6.07) is 29.1. The number of aryl methyl sites for hydroxylation is 2. The van der Waals surface area contributed by atoms with Crippen molar-refractivity contribution in [1.29, 1.82) is 0 Å². The zero-order valence-corrected chi connectivity index (χ0v) is 23.0. The van der Waals surface area contributed by atoms with E-state index in [4.69, 9.17) is 4.74 Å². The van der Waals surface area contributed by atoms with Gasteiger partial charge in [-0.05, 0) is 67.8 Å². The summed E-state index contributed by atoms with van der Waals surface area (Å²) in [5.74, 6) is 0.0313. The summed E-state index contributed by atoms with van der Waals surface area (Å²) in [6.07, 6.45) is 1.48. The van der Waals surface area contributed by atoms with E-state index in [0.717, 1.165) is 26.6 Å². The van der Waals surface area contributed by atoms with Crippen LogP contribution in [0.25, 0.3) is 0 Å². The number of benzene rings is 4. The van der Waals surface area contributed by atoms with Crippen molar-refractivity contribution in [2.75, 3.05) is 10.8 Å². The molecule has 0 aliphatic heterocycles. The summed E-state index contributed by atoms with van der Waals surface area (Å²) in [7, 11) is -4.02. The van der Waals surface area contributed by atoms with Gasteiger partial charge in [-0.2, -0.15) is 5.10 Å². The van der Waals surface area contributed by atoms with E-state index in [9.17, 15) is 13.2 Å². The lowest BCUT2D eigenvalue weighted by Crippen LogP contribution is -2.40. The largest absolute Gasteiger partial charge is 0.488 e. The first kappa shape index (κ1) is 27.6. The number of amides is 1. The van der Waals surface area contributed by atoms with Crippen LogP contribution in [0, 0.1) is 20.8 Å². The highest BCUT2D eigenvalue weighted by Crippen LogP contribution is 2.28. The maximum atomic E-state index is 13.7. The molecule has 7 nitrogen and oxygen atoms in total. The van der Waals surface area contributed by atoms with Gasteiger partial charge >= 0.3 is 0 Å². The molecule has 8 heteroatoms. The van der Waals surface area contributed by atoms with Crippen LogP contribution >= 0.6 is 0 Å². The van der Waals surface area contributed by atoms with Crippen molar-refractivity contribution in [2.24, 2.45) is 5.10 Å². The van der Waals surface area contributed by atoms with Gasteiger partial charge in [0.2, 0.25) is 0 Å². The van der Waals surface area contributed by atoms with E-state index in [1.54, 1.807) is 36.4 Å². The maximum Gasteiger partial charge on any atom is 0.264 e.